The van der Waals surface area contributed by atoms with Crippen LogP contribution in [0.25, 0.3) is 0 Å². The van der Waals surface area contributed by atoms with Crippen LogP contribution in [-0.4, -0.2) is 34.2 Å². The summed E-state index contributed by atoms with van der Waals surface area (Å²) in [6.07, 6.45) is 0.425. The third-order valence-corrected chi connectivity index (χ3v) is 7.34. The molecule has 32 heavy (non-hydrogen) atoms. The topological polar surface area (TPSA) is 78.0 Å². The zero-order chi connectivity index (χ0) is 23.0. The molecule has 3 aromatic rings. The molecule has 0 fully saturated rings. The second-order valence-corrected chi connectivity index (χ2v) is 8.97. The third-order valence-electron chi connectivity index (χ3n) is 5.47. The maximum atomic E-state index is 13.1. The monoisotopic (exact) mass is 469 g/mol. The van der Waals surface area contributed by atoms with Gasteiger partial charge in [-0.05, 0) is 42.0 Å². The molecule has 4 rings (SSSR count). The number of hydrogen-bond donors (Lipinski definition) is 1. The van der Waals surface area contributed by atoms with Crippen LogP contribution in [0, 0.1) is 4.77 Å². The van der Waals surface area contributed by atoms with E-state index in [1.807, 2.05) is 42.5 Å². The Labute approximate surface area is 195 Å². The Morgan fingerprint density at radius 1 is 1.09 bits per heavy atom. The van der Waals surface area contributed by atoms with Crippen molar-refractivity contribution in [3.8, 4) is 17.4 Å². The Kier molecular flexibility index (Phi) is 6.12. The van der Waals surface area contributed by atoms with Crippen molar-refractivity contribution in [2.75, 3.05) is 14.2 Å². The molecule has 1 atom stereocenters. The Balaban J connectivity index is 1.91. The summed E-state index contributed by atoms with van der Waals surface area (Å²) >= 11 is 6.92. The standard InChI is InChI=1S/C23H23N3O4S2/c1-25-21(27)20(22(28)26(2)23(25)31)15-12-19(32-18-8-6-5-7-14(18)24-15)13-9-10-16(29-3)17(11-13)30-4/h5-11,19,27H,12H2,1-4H3/t19-/m0/s1. The van der Waals surface area contributed by atoms with Gasteiger partial charge < -0.3 is 14.6 Å². The van der Waals surface area contributed by atoms with Crippen molar-refractivity contribution in [2.24, 2.45) is 19.1 Å². The molecule has 9 heteroatoms. The number of aliphatic imine (C=N–C) groups is 1. The molecule has 0 unspecified atom stereocenters. The normalized spacial score (nSPS) is 15.5. The van der Waals surface area contributed by atoms with Crippen molar-refractivity contribution in [1.82, 2.24) is 9.13 Å². The summed E-state index contributed by atoms with van der Waals surface area (Å²) in [6.45, 7) is 0. The van der Waals surface area contributed by atoms with Crippen molar-refractivity contribution in [1.29, 1.82) is 0 Å². The van der Waals surface area contributed by atoms with E-state index in [1.54, 1.807) is 40.1 Å². The van der Waals surface area contributed by atoms with E-state index in [9.17, 15) is 9.90 Å². The van der Waals surface area contributed by atoms with Crippen LogP contribution in [0.4, 0.5) is 5.69 Å². The van der Waals surface area contributed by atoms with E-state index in [0.717, 1.165) is 16.1 Å². The number of methoxy groups -OCH3 is 2. The smallest absolute Gasteiger partial charge is 0.267 e. The first-order valence-electron chi connectivity index (χ1n) is 9.90. The largest absolute Gasteiger partial charge is 0.494 e. The van der Waals surface area contributed by atoms with Crippen LogP contribution in [0.2, 0.25) is 0 Å². The van der Waals surface area contributed by atoms with E-state index in [0.29, 0.717) is 23.6 Å². The molecule has 1 N–H and O–H groups in total. The minimum atomic E-state index is -0.375. The summed E-state index contributed by atoms with van der Waals surface area (Å²) in [4.78, 5) is 18.9. The molecule has 0 saturated heterocycles. The van der Waals surface area contributed by atoms with E-state index in [1.165, 1.54) is 9.13 Å². The van der Waals surface area contributed by atoms with Gasteiger partial charge in [0.1, 0.15) is 5.56 Å². The summed E-state index contributed by atoms with van der Waals surface area (Å²) < 4.78 is 13.9. The van der Waals surface area contributed by atoms with Gasteiger partial charge in [0.15, 0.2) is 16.3 Å². The van der Waals surface area contributed by atoms with E-state index >= 15 is 0 Å². The van der Waals surface area contributed by atoms with Gasteiger partial charge in [-0.25, -0.2) is 0 Å². The highest BCUT2D eigenvalue weighted by molar-refractivity contribution is 7.99. The lowest BCUT2D eigenvalue weighted by molar-refractivity contribution is 0.354. The highest BCUT2D eigenvalue weighted by Gasteiger charge is 2.27. The van der Waals surface area contributed by atoms with Crippen LogP contribution in [0.1, 0.15) is 22.8 Å². The Bertz CT molecular complexity index is 1340. The molecule has 0 bridgehead atoms. The second kappa shape index (κ2) is 8.84. The Morgan fingerprint density at radius 3 is 2.53 bits per heavy atom. The van der Waals surface area contributed by atoms with Crippen molar-refractivity contribution >= 4 is 35.4 Å². The van der Waals surface area contributed by atoms with Gasteiger partial charge in [0.25, 0.3) is 5.56 Å². The van der Waals surface area contributed by atoms with Gasteiger partial charge in [0.05, 0.1) is 25.6 Å². The number of aromatic hydroxyl groups is 1. The molecule has 0 aliphatic carbocycles. The Hall–Kier alpha value is -3.04. The second-order valence-electron chi connectivity index (χ2n) is 7.36. The van der Waals surface area contributed by atoms with E-state index < -0.39 is 0 Å². The number of nitrogens with zero attached hydrogens (tertiary/aromatic N) is 3. The fourth-order valence-electron chi connectivity index (χ4n) is 3.69. The fourth-order valence-corrected chi connectivity index (χ4v) is 5.09. The van der Waals surface area contributed by atoms with Gasteiger partial charge in [0, 0.05) is 30.7 Å². The molecule has 0 amide bonds. The highest BCUT2D eigenvalue weighted by Crippen LogP contribution is 2.47. The molecule has 2 heterocycles. The fraction of sp³-hybridized carbons (Fsp3) is 0.261. The highest BCUT2D eigenvalue weighted by atomic mass is 32.2. The maximum Gasteiger partial charge on any atom is 0.267 e. The maximum absolute atomic E-state index is 13.1. The first-order valence-corrected chi connectivity index (χ1v) is 11.2. The van der Waals surface area contributed by atoms with Crippen LogP contribution in [0.15, 0.2) is 57.1 Å². The van der Waals surface area contributed by atoms with Crippen molar-refractivity contribution in [3.63, 3.8) is 0 Å². The van der Waals surface area contributed by atoms with Gasteiger partial charge in [0.2, 0.25) is 5.88 Å². The van der Waals surface area contributed by atoms with Gasteiger partial charge in [-0.3, -0.25) is 18.9 Å². The van der Waals surface area contributed by atoms with Crippen LogP contribution in [0.3, 0.4) is 0 Å². The molecule has 7 nitrogen and oxygen atoms in total. The lowest BCUT2D eigenvalue weighted by atomic mass is 10.0. The van der Waals surface area contributed by atoms with Crippen LogP contribution in [-0.2, 0) is 14.1 Å². The zero-order valence-corrected chi connectivity index (χ0v) is 19.8. The van der Waals surface area contributed by atoms with Crippen molar-refractivity contribution in [3.05, 3.63) is 68.7 Å². The SMILES string of the molecule is COc1ccc([C@@H]2CC(c3c(O)n(C)c(=S)n(C)c3=O)=Nc3ccccc3S2)cc1OC. The van der Waals surface area contributed by atoms with E-state index in [-0.39, 0.29) is 27.0 Å². The number of thioether (sulfide) groups is 1. The number of rotatable bonds is 4. The molecular formula is C23H23N3O4S2. The van der Waals surface area contributed by atoms with Crippen LogP contribution >= 0.6 is 24.0 Å². The molecule has 1 aliphatic rings. The van der Waals surface area contributed by atoms with Gasteiger partial charge in [-0.2, -0.15) is 0 Å². The van der Waals surface area contributed by atoms with Gasteiger partial charge in [-0.1, -0.05) is 18.2 Å². The Morgan fingerprint density at radius 2 is 1.81 bits per heavy atom. The van der Waals surface area contributed by atoms with Crippen LogP contribution in [0.5, 0.6) is 17.4 Å². The molecule has 166 valence electrons. The number of fused-ring (bicyclic) bond motifs is 1. The zero-order valence-electron chi connectivity index (χ0n) is 18.2. The molecule has 1 aliphatic heterocycles. The lowest BCUT2D eigenvalue weighted by Gasteiger charge is -2.19. The number of para-hydroxylation sites is 1. The first kappa shape index (κ1) is 22.2. The minimum Gasteiger partial charge on any atom is -0.494 e. The number of aromatic nitrogens is 2. The van der Waals surface area contributed by atoms with E-state index in [2.05, 4.69) is 0 Å². The molecular weight excluding hydrogens is 446 g/mol. The predicted octanol–water partition coefficient (Wildman–Crippen LogP) is 4.53. The molecule has 2 aromatic carbocycles. The number of ether oxygens (including phenoxy) is 2. The van der Waals surface area contributed by atoms with Gasteiger partial charge >= 0.3 is 0 Å². The summed E-state index contributed by atoms with van der Waals surface area (Å²) in [6, 6.07) is 13.6. The average molecular weight is 470 g/mol. The summed E-state index contributed by atoms with van der Waals surface area (Å²) in [5.74, 6) is 1.08. The summed E-state index contributed by atoms with van der Waals surface area (Å²) in [5.41, 5.74) is 2.04. The molecule has 0 spiro atoms. The average Bonchev–Trinajstić information content (AvgIpc) is 3.00. The van der Waals surface area contributed by atoms with Crippen LogP contribution < -0.4 is 15.0 Å². The lowest BCUT2D eigenvalue weighted by Crippen LogP contribution is -2.29. The van der Waals surface area contributed by atoms with Gasteiger partial charge in [-0.15, -0.1) is 11.8 Å². The summed E-state index contributed by atoms with van der Waals surface area (Å²) in [7, 11) is 6.42. The number of hydrogen-bond acceptors (Lipinski definition) is 7. The van der Waals surface area contributed by atoms with Crippen molar-refractivity contribution < 1.29 is 14.6 Å². The quantitative estimate of drug-likeness (QED) is 0.566. The molecule has 0 radical (unpaired) electrons. The first-order chi connectivity index (χ1) is 15.3. The molecule has 1 aromatic heterocycles. The van der Waals surface area contributed by atoms with E-state index in [4.69, 9.17) is 26.7 Å². The summed E-state index contributed by atoms with van der Waals surface area (Å²) in [5, 5.41) is 10.8. The van der Waals surface area contributed by atoms with Crippen molar-refractivity contribution in [2.45, 2.75) is 16.6 Å². The minimum absolute atomic E-state index is 0.0743. The predicted molar refractivity (Wildman–Crippen MR) is 129 cm³/mol. The number of benzene rings is 2. The molecule has 0 saturated carbocycles. The third kappa shape index (κ3) is 3.82.